The van der Waals surface area contributed by atoms with Gasteiger partial charge in [-0.2, -0.15) is 0 Å². The minimum atomic E-state index is 0.0699. The van der Waals surface area contributed by atoms with Crippen molar-refractivity contribution in [2.24, 2.45) is 0 Å². The SMILES string of the molecule is CCCc1cnc(C)nc1N[C@@H]1COCC[C@H]1OCc1ccccn1. The largest absolute Gasteiger partial charge is 0.379 e. The molecule has 0 amide bonds. The average molecular weight is 342 g/mol. The third kappa shape index (κ3) is 4.96. The molecule has 0 spiro atoms. The molecule has 25 heavy (non-hydrogen) atoms. The van der Waals surface area contributed by atoms with E-state index in [2.05, 4.69) is 27.2 Å². The topological polar surface area (TPSA) is 69.2 Å². The van der Waals surface area contributed by atoms with Gasteiger partial charge >= 0.3 is 0 Å². The van der Waals surface area contributed by atoms with E-state index in [1.165, 1.54) is 0 Å². The van der Waals surface area contributed by atoms with Crippen molar-refractivity contribution in [3.8, 4) is 0 Å². The van der Waals surface area contributed by atoms with Gasteiger partial charge in [-0.3, -0.25) is 4.98 Å². The lowest BCUT2D eigenvalue weighted by Crippen LogP contribution is -2.44. The standard InChI is InChI=1S/C19H26N4O2/c1-3-6-15-11-21-14(2)22-19(15)23-17-13-24-10-8-18(17)25-12-16-7-4-5-9-20-16/h4-5,7,9,11,17-18H,3,6,8,10,12-13H2,1-2H3,(H,21,22,23)/t17-,18-/m1/s1. The molecular weight excluding hydrogens is 316 g/mol. The summed E-state index contributed by atoms with van der Waals surface area (Å²) in [5.74, 6) is 1.67. The molecule has 2 aromatic rings. The summed E-state index contributed by atoms with van der Waals surface area (Å²) in [7, 11) is 0. The fraction of sp³-hybridized carbons (Fsp3) is 0.526. The van der Waals surface area contributed by atoms with Crippen LogP contribution in [0, 0.1) is 6.92 Å². The number of nitrogens with zero attached hydrogens (tertiary/aromatic N) is 3. The molecule has 1 saturated heterocycles. The fourth-order valence-electron chi connectivity index (χ4n) is 2.98. The lowest BCUT2D eigenvalue weighted by Gasteiger charge is -2.32. The molecule has 0 aromatic carbocycles. The maximum absolute atomic E-state index is 6.14. The molecule has 1 N–H and O–H groups in total. The van der Waals surface area contributed by atoms with Crippen molar-refractivity contribution >= 4 is 5.82 Å². The highest BCUT2D eigenvalue weighted by molar-refractivity contribution is 5.44. The molecule has 1 fully saturated rings. The molecule has 0 saturated carbocycles. The van der Waals surface area contributed by atoms with Gasteiger partial charge in [0.15, 0.2) is 0 Å². The van der Waals surface area contributed by atoms with Gasteiger partial charge in [-0.15, -0.1) is 0 Å². The zero-order chi connectivity index (χ0) is 17.5. The lowest BCUT2D eigenvalue weighted by molar-refractivity contribution is -0.0487. The van der Waals surface area contributed by atoms with Gasteiger partial charge in [-0.1, -0.05) is 19.4 Å². The summed E-state index contributed by atoms with van der Waals surface area (Å²) >= 11 is 0. The molecule has 3 heterocycles. The van der Waals surface area contributed by atoms with Crippen LogP contribution in [0.2, 0.25) is 0 Å². The summed E-state index contributed by atoms with van der Waals surface area (Å²) in [6.07, 6.45) is 6.65. The molecule has 3 rings (SSSR count). The van der Waals surface area contributed by atoms with Crippen LogP contribution in [-0.2, 0) is 22.5 Å². The zero-order valence-electron chi connectivity index (χ0n) is 14.9. The molecule has 0 bridgehead atoms. The number of ether oxygens (including phenoxy) is 2. The van der Waals surface area contributed by atoms with Crippen molar-refractivity contribution in [3.05, 3.63) is 47.7 Å². The third-order valence-corrected chi connectivity index (χ3v) is 4.29. The van der Waals surface area contributed by atoms with Crippen molar-refractivity contribution < 1.29 is 9.47 Å². The van der Waals surface area contributed by atoms with Gasteiger partial charge < -0.3 is 14.8 Å². The monoisotopic (exact) mass is 342 g/mol. The van der Waals surface area contributed by atoms with Crippen LogP contribution < -0.4 is 5.32 Å². The number of pyridine rings is 1. The Morgan fingerprint density at radius 3 is 3.04 bits per heavy atom. The molecule has 6 heteroatoms. The van der Waals surface area contributed by atoms with E-state index in [0.717, 1.165) is 48.8 Å². The fourth-order valence-corrected chi connectivity index (χ4v) is 2.98. The molecule has 2 atom stereocenters. The highest BCUT2D eigenvalue weighted by atomic mass is 16.5. The molecule has 6 nitrogen and oxygen atoms in total. The maximum Gasteiger partial charge on any atom is 0.133 e. The summed E-state index contributed by atoms with van der Waals surface area (Å²) in [4.78, 5) is 13.2. The second-order valence-electron chi connectivity index (χ2n) is 6.33. The average Bonchev–Trinajstić information content (AvgIpc) is 2.64. The molecular formula is C19H26N4O2. The van der Waals surface area contributed by atoms with E-state index in [1.54, 1.807) is 6.20 Å². The predicted molar refractivity (Wildman–Crippen MR) is 96.4 cm³/mol. The minimum Gasteiger partial charge on any atom is -0.379 e. The Kier molecular flexibility index (Phi) is 6.30. The van der Waals surface area contributed by atoms with Crippen molar-refractivity contribution in [2.45, 2.75) is 51.9 Å². The normalized spacial score (nSPS) is 20.4. The Hall–Kier alpha value is -2.05. The van der Waals surface area contributed by atoms with Crippen molar-refractivity contribution in [1.82, 2.24) is 15.0 Å². The van der Waals surface area contributed by atoms with E-state index in [9.17, 15) is 0 Å². The Morgan fingerprint density at radius 2 is 2.24 bits per heavy atom. The van der Waals surface area contributed by atoms with Crippen molar-refractivity contribution in [3.63, 3.8) is 0 Å². The van der Waals surface area contributed by atoms with Crippen molar-refractivity contribution in [2.75, 3.05) is 18.5 Å². The van der Waals surface area contributed by atoms with E-state index in [-0.39, 0.29) is 12.1 Å². The van der Waals surface area contributed by atoms with E-state index in [1.807, 2.05) is 31.3 Å². The number of hydrogen-bond acceptors (Lipinski definition) is 6. The van der Waals surface area contributed by atoms with Gasteiger partial charge in [0.25, 0.3) is 0 Å². The molecule has 0 radical (unpaired) electrons. The number of aromatic nitrogens is 3. The van der Waals surface area contributed by atoms with Crippen LogP contribution in [0.4, 0.5) is 5.82 Å². The van der Waals surface area contributed by atoms with Crippen LogP contribution in [-0.4, -0.2) is 40.3 Å². The first-order valence-electron chi connectivity index (χ1n) is 8.94. The lowest BCUT2D eigenvalue weighted by atomic mass is 10.1. The summed E-state index contributed by atoms with van der Waals surface area (Å²) in [6, 6.07) is 5.94. The summed E-state index contributed by atoms with van der Waals surface area (Å²) in [5.41, 5.74) is 2.08. The highest BCUT2D eigenvalue weighted by Crippen LogP contribution is 2.21. The Balaban J connectivity index is 1.68. The van der Waals surface area contributed by atoms with E-state index in [0.29, 0.717) is 13.2 Å². The third-order valence-electron chi connectivity index (χ3n) is 4.29. The second-order valence-corrected chi connectivity index (χ2v) is 6.33. The second kappa shape index (κ2) is 8.87. The number of hydrogen-bond donors (Lipinski definition) is 1. The number of rotatable bonds is 7. The minimum absolute atomic E-state index is 0.0699. The van der Waals surface area contributed by atoms with Gasteiger partial charge in [0.2, 0.25) is 0 Å². The zero-order valence-corrected chi connectivity index (χ0v) is 14.9. The molecule has 2 aromatic heterocycles. The van der Waals surface area contributed by atoms with Gasteiger partial charge in [0.1, 0.15) is 11.6 Å². The van der Waals surface area contributed by atoms with Crippen LogP contribution in [0.3, 0.4) is 0 Å². The maximum atomic E-state index is 6.14. The first-order chi connectivity index (χ1) is 12.3. The molecule has 0 unspecified atom stereocenters. The van der Waals surface area contributed by atoms with Crippen LogP contribution >= 0.6 is 0 Å². The first kappa shape index (κ1) is 17.8. The molecule has 1 aliphatic heterocycles. The smallest absolute Gasteiger partial charge is 0.133 e. The van der Waals surface area contributed by atoms with Gasteiger partial charge in [0.05, 0.1) is 31.1 Å². The Bertz CT molecular complexity index is 666. The summed E-state index contributed by atoms with van der Waals surface area (Å²) < 4.78 is 11.8. The van der Waals surface area contributed by atoms with Crippen molar-refractivity contribution in [1.29, 1.82) is 0 Å². The van der Waals surface area contributed by atoms with Gasteiger partial charge in [-0.05, 0) is 31.9 Å². The quantitative estimate of drug-likeness (QED) is 0.834. The molecule has 134 valence electrons. The highest BCUT2D eigenvalue weighted by Gasteiger charge is 2.27. The van der Waals surface area contributed by atoms with Gasteiger partial charge in [0, 0.05) is 24.6 Å². The summed E-state index contributed by atoms with van der Waals surface area (Å²) in [6.45, 7) is 5.91. The van der Waals surface area contributed by atoms with Crippen LogP contribution in [0.1, 0.15) is 36.8 Å². The first-order valence-corrected chi connectivity index (χ1v) is 8.94. The van der Waals surface area contributed by atoms with Crippen LogP contribution in [0.15, 0.2) is 30.6 Å². The van der Waals surface area contributed by atoms with Crippen LogP contribution in [0.25, 0.3) is 0 Å². The number of anilines is 1. The molecule has 0 aliphatic carbocycles. The summed E-state index contributed by atoms with van der Waals surface area (Å²) in [5, 5.41) is 3.54. The van der Waals surface area contributed by atoms with E-state index < -0.39 is 0 Å². The number of nitrogens with one attached hydrogen (secondary N) is 1. The Labute approximate surface area is 149 Å². The van der Waals surface area contributed by atoms with Gasteiger partial charge in [-0.25, -0.2) is 9.97 Å². The Morgan fingerprint density at radius 1 is 1.32 bits per heavy atom. The van der Waals surface area contributed by atoms with Crippen LogP contribution in [0.5, 0.6) is 0 Å². The van der Waals surface area contributed by atoms with E-state index in [4.69, 9.17) is 9.47 Å². The van der Waals surface area contributed by atoms with E-state index >= 15 is 0 Å². The predicted octanol–water partition coefficient (Wildman–Crippen LogP) is 2.92. The molecule has 1 aliphatic rings. The number of aryl methyl sites for hydroxylation is 2.